The van der Waals surface area contributed by atoms with E-state index in [4.69, 9.17) is 9.15 Å². The molecular formula is C15H17NO4. The van der Waals surface area contributed by atoms with Crippen LogP contribution in [0.4, 0.5) is 0 Å². The SMILES string of the molecule is CCCCc1c(O)nc(-c2ccc(OC)cc2)oc1=O. The van der Waals surface area contributed by atoms with Crippen LogP contribution in [0.3, 0.4) is 0 Å². The van der Waals surface area contributed by atoms with Crippen molar-refractivity contribution in [2.24, 2.45) is 0 Å². The Morgan fingerprint density at radius 2 is 2.00 bits per heavy atom. The van der Waals surface area contributed by atoms with E-state index in [2.05, 4.69) is 4.98 Å². The molecule has 106 valence electrons. The fraction of sp³-hybridized carbons (Fsp3) is 0.333. The van der Waals surface area contributed by atoms with Gasteiger partial charge in [0.2, 0.25) is 11.8 Å². The molecule has 0 aliphatic rings. The van der Waals surface area contributed by atoms with Crippen LogP contribution in [0, 0.1) is 0 Å². The van der Waals surface area contributed by atoms with Crippen molar-refractivity contribution in [3.8, 4) is 23.1 Å². The molecular weight excluding hydrogens is 258 g/mol. The van der Waals surface area contributed by atoms with Gasteiger partial charge < -0.3 is 14.3 Å². The number of ether oxygens (including phenoxy) is 1. The molecule has 0 saturated heterocycles. The monoisotopic (exact) mass is 275 g/mol. The van der Waals surface area contributed by atoms with Crippen LogP contribution < -0.4 is 10.4 Å². The predicted molar refractivity (Wildman–Crippen MR) is 75.0 cm³/mol. The first-order valence-corrected chi connectivity index (χ1v) is 6.53. The van der Waals surface area contributed by atoms with Crippen LogP contribution in [0.25, 0.3) is 11.5 Å². The summed E-state index contributed by atoms with van der Waals surface area (Å²) in [6, 6.07) is 6.91. The highest BCUT2D eigenvalue weighted by Gasteiger charge is 2.13. The van der Waals surface area contributed by atoms with Gasteiger partial charge in [0.25, 0.3) is 0 Å². The summed E-state index contributed by atoms with van der Waals surface area (Å²) in [6.07, 6.45) is 2.21. The minimum atomic E-state index is -0.531. The Hall–Kier alpha value is -2.30. The Labute approximate surface area is 116 Å². The first-order valence-electron chi connectivity index (χ1n) is 6.53. The normalized spacial score (nSPS) is 10.5. The molecule has 0 atom stereocenters. The van der Waals surface area contributed by atoms with Crippen LogP contribution in [-0.4, -0.2) is 17.2 Å². The van der Waals surface area contributed by atoms with Gasteiger partial charge in [-0.15, -0.1) is 0 Å². The first kappa shape index (κ1) is 14.1. The highest BCUT2D eigenvalue weighted by molar-refractivity contribution is 5.55. The number of benzene rings is 1. The largest absolute Gasteiger partial charge is 0.497 e. The molecule has 1 N–H and O–H groups in total. The second-order valence-corrected chi connectivity index (χ2v) is 4.44. The maximum atomic E-state index is 11.9. The molecule has 0 unspecified atom stereocenters. The number of aromatic hydroxyl groups is 1. The average Bonchev–Trinajstić information content (AvgIpc) is 2.46. The fourth-order valence-electron chi connectivity index (χ4n) is 1.85. The summed E-state index contributed by atoms with van der Waals surface area (Å²) in [7, 11) is 1.57. The molecule has 5 nitrogen and oxygen atoms in total. The highest BCUT2D eigenvalue weighted by atomic mass is 16.5. The Morgan fingerprint density at radius 1 is 1.30 bits per heavy atom. The quantitative estimate of drug-likeness (QED) is 0.908. The van der Waals surface area contributed by atoms with Crippen LogP contribution >= 0.6 is 0 Å². The van der Waals surface area contributed by atoms with Gasteiger partial charge in [-0.05, 0) is 37.1 Å². The van der Waals surface area contributed by atoms with Gasteiger partial charge in [0.15, 0.2) is 0 Å². The van der Waals surface area contributed by atoms with Crippen molar-refractivity contribution in [2.45, 2.75) is 26.2 Å². The predicted octanol–water partition coefficient (Wildman–Crippen LogP) is 2.76. The van der Waals surface area contributed by atoms with Crippen molar-refractivity contribution in [3.63, 3.8) is 0 Å². The zero-order valence-electron chi connectivity index (χ0n) is 11.5. The molecule has 2 aromatic rings. The summed E-state index contributed by atoms with van der Waals surface area (Å²) in [5.74, 6) is 0.552. The molecule has 0 fully saturated rings. The lowest BCUT2D eigenvalue weighted by Gasteiger charge is -2.05. The first-order chi connectivity index (χ1) is 9.65. The van der Waals surface area contributed by atoms with Crippen molar-refractivity contribution in [1.82, 2.24) is 4.98 Å². The lowest BCUT2D eigenvalue weighted by atomic mass is 10.1. The molecule has 1 heterocycles. The third-order valence-electron chi connectivity index (χ3n) is 3.03. The van der Waals surface area contributed by atoms with Crippen LogP contribution in [0.2, 0.25) is 0 Å². The van der Waals surface area contributed by atoms with E-state index in [9.17, 15) is 9.90 Å². The molecule has 1 aromatic carbocycles. The van der Waals surface area contributed by atoms with Crippen LogP contribution in [-0.2, 0) is 6.42 Å². The number of aromatic nitrogens is 1. The number of methoxy groups -OCH3 is 1. The van der Waals surface area contributed by atoms with E-state index in [0.29, 0.717) is 17.7 Å². The molecule has 0 radical (unpaired) electrons. The van der Waals surface area contributed by atoms with E-state index in [1.165, 1.54) is 0 Å². The zero-order valence-corrected chi connectivity index (χ0v) is 11.5. The molecule has 0 saturated carbocycles. The molecule has 0 amide bonds. The van der Waals surface area contributed by atoms with E-state index in [1.54, 1.807) is 31.4 Å². The summed E-state index contributed by atoms with van der Waals surface area (Å²) >= 11 is 0. The van der Waals surface area contributed by atoms with E-state index >= 15 is 0 Å². The summed E-state index contributed by atoms with van der Waals surface area (Å²) in [5, 5.41) is 9.87. The van der Waals surface area contributed by atoms with E-state index in [-0.39, 0.29) is 17.3 Å². The van der Waals surface area contributed by atoms with E-state index < -0.39 is 5.63 Å². The van der Waals surface area contributed by atoms with Gasteiger partial charge in [-0.3, -0.25) is 0 Å². The van der Waals surface area contributed by atoms with Gasteiger partial charge in [-0.1, -0.05) is 13.3 Å². The lowest BCUT2D eigenvalue weighted by Crippen LogP contribution is -2.10. The number of unbranched alkanes of at least 4 members (excludes halogenated alkanes) is 1. The Balaban J connectivity index is 2.35. The number of nitrogens with zero attached hydrogens (tertiary/aromatic N) is 1. The average molecular weight is 275 g/mol. The number of hydrogen-bond donors (Lipinski definition) is 1. The van der Waals surface area contributed by atoms with Gasteiger partial charge in [0.1, 0.15) is 5.75 Å². The van der Waals surface area contributed by atoms with Gasteiger partial charge >= 0.3 is 5.63 Å². The number of hydrogen-bond acceptors (Lipinski definition) is 5. The Kier molecular flexibility index (Phi) is 4.40. The molecule has 1 aromatic heterocycles. The highest BCUT2D eigenvalue weighted by Crippen LogP contribution is 2.22. The molecule has 5 heteroatoms. The van der Waals surface area contributed by atoms with Gasteiger partial charge in [-0.2, -0.15) is 4.98 Å². The van der Waals surface area contributed by atoms with Crippen LogP contribution in [0.1, 0.15) is 25.3 Å². The van der Waals surface area contributed by atoms with Gasteiger partial charge in [-0.25, -0.2) is 4.79 Å². The molecule has 0 aliphatic heterocycles. The van der Waals surface area contributed by atoms with Crippen molar-refractivity contribution < 1.29 is 14.3 Å². The standard InChI is InChI=1S/C15H17NO4/c1-3-4-5-12-13(17)16-14(20-15(12)18)10-6-8-11(19-2)9-7-10/h6-9,17H,3-5H2,1-2H3. The third-order valence-corrected chi connectivity index (χ3v) is 3.03. The Morgan fingerprint density at radius 3 is 2.55 bits per heavy atom. The molecule has 0 bridgehead atoms. The van der Waals surface area contributed by atoms with Gasteiger partial charge in [0.05, 0.1) is 12.7 Å². The molecule has 20 heavy (non-hydrogen) atoms. The maximum Gasteiger partial charge on any atom is 0.346 e. The number of rotatable bonds is 5. The Bertz CT molecular complexity index is 631. The zero-order chi connectivity index (χ0) is 14.5. The van der Waals surface area contributed by atoms with Crippen molar-refractivity contribution in [2.75, 3.05) is 7.11 Å². The second kappa shape index (κ2) is 6.23. The summed E-state index contributed by atoms with van der Waals surface area (Å²) in [6.45, 7) is 2.01. The van der Waals surface area contributed by atoms with Gasteiger partial charge in [0, 0.05) is 5.56 Å². The minimum absolute atomic E-state index is 0.107. The van der Waals surface area contributed by atoms with Crippen molar-refractivity contribution in [3.05, 3.63) is 40.2 Å². The van der Waals surface area contributed by atoms with E-state index in [0.717, 1.165) is 12.8 Å². The topological polar surface area (TPSA) is 72.6 Å². The summed E-state index contributed by atoms with van der Waals surface area (Å²) in [5.41, 5.74) is 0.320. The molecule has 0 spiro atoms. The van der Waals surface area contributed by atoms with Crippen LogP contribution in [0.15, 0.2) is 33.5 Å². The minimum Gasteiger partial charge on any atom is -0.497 e. The third kappa shape index (κ3) is 2.99. The second-order valence-electron chi connectivity index (χ2n) is 4.44. The summed E-state index contributed by atoms with van der Waals surface area (Å²) < 4.78 is 10.2. The molecule has 2 rings (SSSR count). The smallest absolute Gasteiger partial charge is 0.346 e. The summed E-state index contributed by atoms with van der Waals surface area (Å²) in [4.78, 5) is 15.8. The van der Waals surface area contributed by atoms with E-state index in [1.807, 2.05) is 6.92 Å². The van der Waals surface area contributed by atoms with Crippen molar-refractivity contribution >= 4 is 0 Å². The van der Waals surface area contributed by atoms with Crippen LogP contribution in [0.5, 0.6) is 11.6 Å². The molecule has 0 aliphatic carbocycles. The van der Waals surface area contributed by atoms with Crippen molar-refractivity contribution in [1.29, 1.82) is 0 Å². The maximum absolute atomic E-state index is 11.9. The fourth-order valence-corrected chi connectivity index (χ4v) is 1.85. The lowest BCUT2D eigenvalue weighted by molar-refractivity contribution is 0.408.